The second-order valence-corrected chi connectivity index (χ2v) is 3.39. The number of carboxylic acids is 3. The molecule has 0 atom stereocenters. The Bertz CT molecular complexity index is 281. The fourth-order valence-corrected chi connectivity index (χ4v) is 0.272. The number of carboxylic acid groups (broad SMARTS) is 3. The number of aliphatic carboxylic acids is 3. The van der Waals surface area contributed by atoms with E-state index < -0.39 is 24.0 Å². The summed E-state index contributed by atoms with van der Waals surface area (Å²) in [4.78, 5) is 28.9. The third-order valence-corrected chi connectivity index (χ3v) is 1.34. The highest BCUT2D eigenvalue weighted by Crippen LogP contribution is 1.86. The van der Waals surface area contributed by atoms with Crippen molar-refractivity contribution in [3.05, 3.63) is 12.2 Å². The van der Waals surface area contributed by atoms with Crippen molar-refractivity contribution >= 4 is 17.9 Å². The zero-order chi connectivity index (χ0) is 16.7. The minimum atomic E-state index is -1.08. The van der Waals surface area contributed by atoms with Crippen molar-refractivity contribution < 1.29 is 45.0 Å². The van der Waals surface area contributed by atoms with Crippen LogP contribution in [0.4, 0.5) is 0 Å². The molecule has 0 aliphatic carbocycles. The molecule has 0 rings (SSSR count). The monoisotopic (exact) mass is 296 g/mol. The number of aliphatic hydroxyl groups is 3. The Hall–Kier alpha value is -1.97. The van der Waals surface area contributed by atoms with Crippen LogP contribution in [0.1, 0.15) is 19.8 Å². The molecule has 0 bridgehead atoms. The van der Waals surface area contributed by atoms with Crippen LogP contribution in [0.25, 0.3) is 0 Å². The molecule has 0 aromatic heterocycles. The van der Waals surface area contributed by atoms with Crippen LogP contribution >= 0.6 is 0 Å². The van der Waals surface area contributed by atoms with E-state index in [1.54, 1.807) is 0 Å². The van der Waals surface area contributed by atoms with E-state index in [2.05, 4.69) is 6.58 Å². The summed E-state index contributed by atoms with van der Waals surface area (Å²) >= 11 is 0. The van der Waals surface area contributed by atoms with Gasteiger partial charge in [-0.15, -0.1) is 0 Å². The van der Waals surface area contributed by atoms with Crippen molar-refractivity contribution in [3.8, 4) is 0 Å². The van der Waals surface area contributed by atoms with Crippen molar-refractivity contribution in [2.75, 3.05) is 13.2 Å². The summed E-state index contributed by atoms with van der Waals surface area (Å²) in [5.41, 5.74) is 0.176. The van der Waals surface area contributed by atoms with Gasteiger partial charge in [-0.05, 0) is 6.92 Å². The van der Waals surface area contributed by atoms with Crippen LogP contribution in [0.2, 0.25) is 0 Å². The lowest BCUT2D eigenvalue weighted by Crippen LogP contribution is -2.15. The molecule has 0 spiro atoms. The molecule has 0 saturated heterocycles. The van der Waals surface area contributed by atoms with Gasteiger partial charge in [-0.3, -0.25) is 9.59 Å². The number of hydrogen-bond acceptors (Lipinski definition) is 6. The van der Waals surface area contributed by atoms with Crippen LogP contribution in [-0.2, 0) is 14.4 Å². The molecule has 6 N–H and O–H groups in total. The number of carbonyl (C=O) groups is 3. The third kappa shape index (κ3) is 29.8. The molecule has 0 aliphatic heterocycles. The maximum Gasteiger partial charge on any atom is 0.330 e. The van der Waals surface area contributed by atoms with Crippen LogP contribution in [0.5, 0.6) is 0 Å². The smallest absolute Gasteiger partial charge is 0.330 e. The summed E-state index contributed by atoms with van der Waals surface area (Å²) in [6.07, 6.45) is -1.55. The van der Waals surface area contributed by atoms with Gasteiger partial charge in [0, 0.05) is 5.57 Å². The Kier molecular flexibility index (Phi) is 17.5. The van der Waals surface area contributed by atoms with E-state index >= 15 is 0 Å². The van der Waals surface area contributed by atoms with Gasteiger partial charge in [0.2, 0.25) is 0 Å². The number of hydrogen-bond donors (Lipinski definition) is 6. The minimum Gasteiger partial charge on any atom is -0.481 e. The molecule has 0 saturated carbocycles. The number of aliphatic hydroxyl groups excluding tert-OH is 3. The molecule has 0 aromatic carbocycles. The van der Waals surface area contributed by atoms with Crippen molar-refractivity contribution in [1.82, 2.24) is 0 Å². The summed E-state index contributed by atoms with van der Waals surface area (Å²) in [5.74, 6) is -3.09. The highest BCUT2D eigenvalue weighted by molar-refractivity contribution is 5.84. The first-order valence-electron chi connectivity index (χ1n) is 5.30. The molecule has 9 heteroatoms. The highest BCUT2D eigenvalue weighted by Gasteiger charge is 2.00. The van der Waals surface area contributed by atoms with Gasteiger partial charge in [-0.2, -0.15) is 0 Å². The molecule has 9 nitrogen and oxygen atoms in total. The van der Waals surface area contributed by atoms with Crippen molar-refractivity contribution in [2.45, 2.75) is 25.9 Å². The van der Waals surface area contributed by atoms with Crippen LogP contribution in [-0.4, -0.2) is 67.9 Å². The predicted octanol–water partition coefficient (Wildman–Crippen LogP) is -1.09. The van der Waals surface area contributed by atoms with Gasteiger partial charge in [0.1, 0.15) is 6.10 Å². The lowest BCUT2D eigenvalue weighted by Gasteiger charge is -1.96. The molecule has 0 heterocycles. The lowest BCUT2D eigenvalue weighted by atomic mass is 10.3. The second-order valence-electron chi connectivity index (χ2n) is 3.39. The third-order valence-electron chi connectivity index (χ3n) is 1.34. The van der Waals surface area contributed by atoms with Gasteiger partial charge in [0.15, 0.2) is 0 Å². The fourth-order valence-electron chi connectivity index (χ4n) is 0.272. The zero-order valence-corrected chi connectivity index (χ0v) is 11.0. The molecule has 0 radical (unpaired) electrons. The average Bonchev–Trinajstić information content (AvgIpc) is 2.36. The molecule has 0 aromatic rings. The first-order valence-corrected chi connectivity index (χ1v) is 5.30. The van der Waals surface area contributed by atoms with E-state index in [0.717, 1.165) is 0 Å². The Balaban J connectivity index is -0.000000221. The summed E-state index contributed by atoms with van der Waals surface area (Å²) in [7, 11) is 0. The summed E-state index contributed by atoms with van der Waals surface area (Å²) in [5, 5.41) is 47.7. The predicted molar refractivity (Wildman–Crippen MR) is 67.1 cm³/mol. The van der Waals surface area contributed by atoms with Crippen molar-refractivity contribution in [1.29, 1.82) is 0 Å². The highest BCUT2D eigenvalue weighted by atomic mass is 16.4. The van der Waals surface area contributed by atoms with Gasteiger partial charge in [0.25, 0.3) is 0 Å². The standard InChI is InChI=1S/C4H6O4.C4H6O2.C3H8O3/c5-3(6)1-2-4(7)8;1-3(2)4(5)6;4-1-3(6)2-5/h1-2H2,(H,5,6)(H,7,8);1H2,2H3,(H,5,6);3-6H,1-2H2. The van der Waals surface area contributed by atoms with Crippen molar-refractivity contribution in [3.63, 3.8) is 0 Å². The van der Waals surface area contributed by atoms with Gasteiger partial charge in [-0.25, -0.2) is 4.79 Å². The van der Waals surface area contributed by atoms with Gasteiger partial charge < -0.3 is 30.6 Å². The van der Waals surface area contributed by atoms with E-state index in [1.165, 1.54) is 6.92 Å². The van der Waals surface area contributed by atoms with Crippen LogP contribution in [0.3, 0.4) is 0 Å². The summed E-state index contributed by atoms with van der Waals surface area (Å²) in [6.45, 7) is 3.87. The van der Waals surface area contributed by atoms with Crippen LogP contribution in [0, 0.1) is 0 Å². The molecular formula is C11H20O9. The Morgan fingerprint density at radius 3 is 1.25 bits per heavy atom. The maximum absolute atomic E-state index is 9.64. The number of rotatable bonds is 6. The molecule has 0 fully saturated rings. The molecule has 0 amide bonds. The van der Waals surface area contributed by atoms with E-state index in [9.17, 15) is 14.4 Å². The zero-order valence-electron chi connectivity index (χ0n) is 11.0. The summed E-state index contributed by atoms with van der Waals surface area (Å²) in [6, 6.07) is 0. The minimum absolute atomic E-state index is 0.176. The Morgan fingerprint density at radius 1 is 0.950 bits per heavy atom. The lowest BCUT2D eigenvalue weighted by molar-refractivity contribution is -0.143. The maximum atomic E-state index is 9.64. The molecule has 118 valence electrons. The van der Waals surface area contributed by atoms with E-state index in [4.69, 9.17) is 30.6 Å². The SMILES string of the molecule is C=C(C)C(=O)O.O=C(O)CCC(=O)O.OCC(O)CO. The average molecular weight is 296 g/mol. The van der Waals surface area contributed by atoms with Gasteiger partial charge in [-0.1, -0.05) is 6.58 Å². The molecule has 0 aliphatic rings. The largest absolute Gasteiger partial charge is 0.481 e. The van der Waals surface area contributed by atoms with Gasteiger partial charge in [0.05, 0.1) is 26.1 Å². The van der Waals surface area contributed by atoms with Crippen LogP contribution in [0.15, 0.2) is 12.2 Å². The Morgan fingerprint density at radius 2 is 1.20 bits per heavy atom. The first kappa shape index (κ1) is 23.1. The first-order chi connectivity index (χ1) is 9.08. The second kappa shape index (κ2) is 15.1. The van der Waals surface area contributed by atoms with Gasteiger partial charge >= 0.3 is 17.9 Å². The quantitative estimate of drug-likeness (QED) is 0.333. The van der Waals surface area contributed by atoms with E-state index in [0.29, 0.717) is 0 Å². The van der Waals surface area contributed by atoms with E-state index in [1.807, 2.05) is 0 Å². The van der Waals surface area contributed by atoms with Crippen molar-refractivity contribution in [2.24, 2.45) is 0 Å². The van der Waals surface area contributed by atoms with Crippen LogP contribution < -0.4 is 0 Å². The summed E-state index contributed by atoms with van der Waals surface area (Å²) < 4.78 is 0. The normalized spacial score (nSPS) is 8.65. The molecule has 0 unspecified atom stereocenters. The molecule has 20 heavy (non-hydrogen) atoms. The van der Waals surface area contributed by atoms with E-state index in [-0.39, 0.29) is 31.6 Å². The Labute approximate surface area is 115 Å². The molecular weight excluding hydrogens is 276 g/mol. The fraction of sp³-hybridized carbons (Fsp3) is 0.545. The topological polar surface area (TPSA) is 173 Å².